The summed E-state index contributed by atoms with van der Waals surface area (Å²) < 4.78 is 0.889. The van der Waals surface area contributed by atoms with E-state index in [-0.39, 0.29) is 21.8 Å². The van der Waals surface area contributed by atoms with Crippen molar-refractivity contribution in [2.75, 3.05) is 11.5 Å². The van der Waals surface area contributed by atoms with Crippen LogP contribution in [0.15, 0.2) is 21.9 Å². The highest BCUT2D eigenvalue weighted by molar-refractivity contribution is 8.14. The van der Waals surface area contributed by atoms with Crippen molar-refractivity contribution in [3.63, 3.8) is 0 Å². The molecule has 22 heavy (non-hydrogen) atoms. The first kappa shape index (κ1) is 17.7. The molecule has 0 saturated carbocycles. The highest BCUT2D eigenvalue weighted by Gasteiger charge is 2.17. The topological polar surface area (TPSA) is 178 Å². The van der Waals surface area contributed by atoms with Gasteiger partial charge in [-0.2, -0.15) is 4.57 Å². The second-order valence-corrected chi connectivity index (χ2v) is 5.77. The van der Waals surface area contributed by atoms with Gasteiger partial charge in [0.25, 0.3) is 5.56 Å². The molecule has 1 heterocycles. The largest absolute Gasteiger partial charge is 0.379 e. The first-order chi connectivity index (χ1) is 10.2. The average molecular weight is 344 g/mol. The van der Waals surface area contributed by atoms with Crippen LogP contribution in [0.25, 0.3) is 0 Å². The van der Waals surface area contributed by atoms with Gasteiger partial charge >= 0.3 is 5.69 Å². The molecular formula is C10H12N6O4S2. The molecule has 6 N–H and O–H groups in total. The average Bonchev–Trinajstić information content (AvgIpc) is 2.42. The van der Waals surface area contributed by atoms with Gasteiger partial charge in [0.1, 0.15) is 0 Å². The van der Waals surface area contributed by atoms with Crippen molar-refractivity contribution in [2.45, 2.75) is 0 Å². The van der Waals surface area contributed by atoms with E-state index in [9.17, 15) is 19.2 Å². The van der Waals surface area contributed by atoms with Crippen molar-refractivity contribution in [3.05, 3.63) is 33.1 Å². The fraction of sp³-hybridized carbons (Fsp3) is 0.200. The Kier molecular flexibility index (Phi) is 6.12. The molecule has 118 valence electrons. The monoisotopic (exact) mass is 344 g/mol. The van der Waals surface area contributed by atoms with Crippen LogP contribution in [0.5, 0.6) is 0 Å². The van der Waals surface area contributed by atoms with Crippen LogP contribution < -0.4 is 22.7 Å². The molecule has 10 nitrogen and oxygen atoms in total. The number of nitrogens with zero attached hydrogens (tertiary/aromatic N) is 2. The van der Waals surface area contributed by atoms with Gasteiger partial charge in [-0.15, -0.1) is 0 Å². The van der Waals surface area contributed by atoms with E-state index >= 15 is 0 Å². The molecule has 0 amide bonds. The molecule has 1 aromatic heterocycles. The molecule has 0 bridgehead atoms. The highest BCUT2D eigenvalue weighted by Crippen LogP contribution is 2.00. The Morgan fingerprint density at radius 3 is 2.05 bits per heavy atom. The molecule has 0 saturated heterocycles. The minimum absolute atomic E-state index is 0.288. The summed E-state index contributed by atoms with van der Waals surface area (Å²) in [4.78, 5) is 47.4. The van der Waals surface area contributed by atoms with E-state index in [0.29, 0.717) is 32.7 Å². The number of carbonyl (C=O) groups excluding carboxylic acids is 2. The van der Waals surface area contributed by atoms with Crippen molar-refractivity contribution in [3.8, 4) is 0 Å². The standard InChI is InChI=1S/C10H12N6O4S2/c11-8(12)21-3-6(18)15-2-1-5(17)16(10(15)20)7(19)4-22-9(13)14/h1-2H,3-4H2,(H3,11,12)(H3,13,14). The van der Waals surface area contributed by atoms with E-state index in [1.54, 1.807) is 0 Å². The van der Waals surface area contributed by atoms with Crippen molar-refractivity contribution < 1.29 is 9.59 Å². The SMILES string of the molecule is N=C(N)SCC(=O)n1ccc(=O)n(C(=O)CSC(=N)N)c1=O. The van der Waals surface area contributed by atoms with E-state index in [4.69, 9.17) is 22.3 Å². The van der Waals surface area contributed by atoms with Crippen molar-refractivity contribution >= 4 is 45.7 Å². The predicted molar refractivity (Wildman–Crippen MR) is 85.0 cm³/mol. The van der Waals surface area contributed by atoms with Gasteiger partial charge in [-0.25, -0.2) is 9.36 Å². The van der Waals surface area contributed by atoms with Gasteiger partial charge in [0.2, 0.25) is 11.8 Å². The summed E-state index contributed by atoms with van der Waals surface area (Å²) in [6.45, 7) is 0. The number of amidine groups is 2. The van der Waals surface area contributed by atoms with Gasteiger partial charge in [0.05, 0.1) is 11.5 Å². The quantitative estimate of drug-likeness (QED) is 0.378. The lowest BCUT2D eigenvalue weighted by molar-refractivity contribution is 0.0913. The molecule has 0 aliphatic heterocycles. The second-order valence-electron chi connectivity index (χ2n) is 3.74. The lowest BCUT2D eigenvalue weighted by Gasteiger charge is -2.07. The number of rotatable bonds is 4. The fourth-order valence-electron chi connectivity index (χ4n) is 1.31. The van der Waals surface area contributed by atoms with Crippen LogP contribution in [0.1, 0.15) is 9.59 Å². The number of hydrogen-bond acceptors (Lipinski definition) is 8. The zero-order valence-corrected chi connectivity index (χ0v) is 12.7. The lowest BCUT2D eigenvalue weighted by atomic mass is 10.5. The number of nitrogens with one attached hydrogen (secondary N) is 2. The van der Waals surface area contributed by atoms with Gasteiger partial charge in [0.15, 0.2) is 10.3 Å². The molecule has 0 aromatic carbocycles. The van der Waals surface area contributed by atoms with E-state index < -0.39 is 23.1 Å². The Labute approximate surface area is 131 Å². The summed E-state index contributed by atoms with van der Waals surface area (Å²) in [5, 5.41) is 13.3. The minimum atomic E-state index is -1.11. The number of hydrogen-bond donors (Lipinski definition) is 4. The molecule has 0 aliphatic rings. The number of thioether (sulfide) groups is 2. The van der Waals surface area contributed by atoms with E-state index in [0.717, 1.165) is 12.3 Å². The minimum Gasteiger partial charge on any atom is -0.379 e. The first-order valence-corrected chi connectivity index (χ1v) is 7.56. The third kappa shape index (κ3) is 4.60. The molecule has 12 heteroatoms. The van der Waals surface area contributed by atoms with Gasteiger partial charge in [-0.1, -0.05) is 23.5 Å². The maximum atomic E-state index is 12.1. The van der Waals surface area contributed by atoms with E-state index in [1.165, 1.54) is 0 Å². The number of aromatic nitrogens is 2. The Morgan fingerprint density at radius 2 is 1.55 bits per heavy atom. The summed E-state index contributed by atoms with van der Waals surface area (Å²) in [5.41, 5.74) is 8.16. The van der Waals surface area contributed by atoms with Crippen LogP contribution in [0.3, 0.4) is 0 Å². The smallest absolute Gasteiger partial charge is 0.344 e. The summed E-state index contributed by atoms with van der Waals surface area (Å²) in [5.74, 6) is -2.29. The second kappa shape index (κ2) is 7.61. The van der Waals surface area contributed by atoms with Crippen molar-refractivity contribution in [1.82, 2.24) is 9.13 Å². The Morgan fingerprint density at radius 1 is 1.05 bits per heavy atom. The molecule has 1 rings (SSSR count). The van der Waals surface area contributed by atoms with Crippen LogP contribution >= 0.6 is 23.5 Å². The molecule has 1 aromatic rings. The third-order valence-corrected chi connectivity index (χ3v) is 3.61. The van der Waals surface area contributed by atoms with Gasteiger partial charge in [-0.05, 0) is 0 Å². The van der Waals surface area contributed by atoms with Crippen molar-refractivity contribution in [2.24, 2.45) is 11.5 Å². The molecule has 0 spiro atoms. The summed E-state index contributed by atoms with van der Waals surface area (Å²) in [7, 11) is 0. The maximum Gasteiger partial charge on any atom is 0.344 e. The van der Waals surface area contributed by atoms with Gasteiger partial charge < -0.3 is 11.5 Å². The summed E-state index contributed by atoms with van der Waals surface area (Å²) in [6, 6.07) is 0.897. The molecule has 0 atom stereocenters. The Hall–Kier alpha value is -2.34. The maximum absolute atomic E-state index is 12.1. The molecule has 0 radical (unpaired) electrons. The molecule has 0 unspecified atom stereocenters. The Balaban J connectivity index is 3.12. The number of carbonyl (C=O) groups is 2. The lowest BCUT2D eigenvalue weighted by Crippen LogP contribution is -2.45. The summed E-state index contributed by atoms with van der Waals surface area (Å²) in [6.07, 6.45) is 0.954. The normalized spacial score (nSPS) is 10.2. The summed E-state index contributed by atoms with van der Waals surface area (Å²) >= 11 is 1.36. The zero-order chi connectivity index (χ0) is 16.9. The highest BCUT2D eigenvalue weighted by atomic mass is 32.2. The van der Waals surface area contributed by atoms with Crippen LogP contribution in [0.4, 0.5) is 0 Å². The van der Waals surface area contributed by atoms with Crippen LogP contribution in [-0.4, -0.2) is 42.8 Å². The predicted octanol–water partition coefficient (Wildman–Crippen LogP) is -1.46. The van der Waals surface area contributed by atoms with Gasteiger partial charge in [-0.3, -0.25) is 25.2 Å². The molecule has 0 aliphatic carbocycles. The first-order valence-electron chi connectivity index (χ1n) is 5.58. The zero-order valence-electron chi connectivity index (χ0n) is 11.1. The van der Waals surface area contributed by atoms with Gasteiger partial charge in [0, 0.05) is 12.3 Å². The van der Waals surface area contributed by atoms with E-state index in [2.05, 4.69) is 0 Å². The third-order valence-electron chi connectivity index (χ3n) is 2.20. The number of nitrogens with two attached hydrogens (primary N) is 2. The van der Waals surface area contributed by atoms with E-state index in [1.807, 2.05) is 0 Å². The van der Waals surface area contributed by atoms with Crippen molar-refractivity contribution in [1.29, 1.82) is 10.8 Å². The van der Waals surface area contributed by atoms with Crippen LogP contribution in [0, 0.1) is 10.8 Å². The molecule has 0 fully saturated rings. The Bertz CT molecular complexity index is 753. The fourth-order valence-corrected chi connectivity index (χ4v) is 2.14. The molecular weight excluding hydrogens is 332 g/mol. The van der Waals surface area contributed by atoms with Crippen LogP contribution in [-0.2, 0) is 0 Å². The van der Waals surface area contributed by atoms with Crippen LogP contribution in [0.2, 0.25) is 0 Å².